The standard InChI is InChI=1S/C21H24N4O3/c26-20(19-5-12-28-23-19)25-9-6-21(7-10-25)15-24(11-13-27-21)14-16-2-1-3-18-17(16)4-8-22-18/h1-5,8,12,22H,6-7,9-11,13-15H2. The molecule has 4 heterocycles. The molecule has 1 N–H and O–H groups in total. The molecule has 0 saturated carbocycles. The highest BCUT2D eigenvalue weighted by atomic mass is 16.5. The van der Waals surface area contributed by atoms with Gasteiger partial charge in [0.25, 0.3) is 5.91 Å². The number of likely N-dealkylation sites (tertiary alicyclic amines) is 1. The van der Waals surface area contributed by atoms with Crippen LogP contribution in [0, 0.1) is 0 Å². The lowest BCUT2D eigenvalue weighted by molar-refractivity contribution is -0.134. The fraction of sp³-hybridized carbons (Fsp3) is 0.429. The van der Waals surface area contributed by atoms with Crippen LogP contribution in [-0.4, -0.2) is 64.2 Å². The molecule has 2 aromatic heterocycles. The second-order valence-corrected chi connectivity index (χ2v) is 7.78. The predicted molar refractivity (Wildman–Crippen MR) is 104 cm³/mol. The van der Waals surface area contributed by atoms with Crippen molar-refractivity contribution >= 4 is 16.8 Å². The molecule has 5 rings (SSSR count). The fourth-order valence-corrected chi connectivity index (χ4v) is 4.49. The zero-order valence-corrected chi connectivity index (χ0v) is 15.8. The molecule has 7 heteroatoms. The summed E-state index contributed by atoms with van der Waals surface area (Å²) < 4.78 is 11.0. The largest absolute Gasteiger partial charge is 0.372 e. The molecule has 1 amide bonds. The number of hydrogen-bond donors (Lipinski definition) is 1. The topological polar surface area (TPSA) is 74.6 Å². The molecule has 7 nitrogen and oxygen atoms in total. The molecule has 2 saturated heterocycles. The van der Waals surface area contributed by atoms with E-state index < -0.39 is 0 Å². The molecular weight excluding hydrogens is 356 g/mol. The third-order valence-corrected chi connectivity index (χ3v) is 6.03. The van der Waals surface area contributed by atoms with Crippen molar-refractivity contribution in [3.8, 4) is 0 Å². The van der Waals surface area contributed by atoms with Crippen LogP contribution in [-0.2, 0) is 11.3 Å². The number of carbonyl (C=O) groups is 1. The van der Waals surface area contributed by atoms with E-state index in [4.69, 9.17) is 9.26 Å². The normalized spacial score (nSPS) is 20.1. The lowest BCUT2D eigenvalue weighted by Gasteiger charge is -2.47. The quantitative estimate of drug-likeness (QED) is 0.756. The van der Waals surface area contributed by atoms with E-state index in [-0.39, 0.29) is 11.5 Å². The molecule has 0 radical (unpaired) electrons. The molecule has 0 unspecified atom stereocenters. The summed E-state index contributed by atoms with van der Waals surface area (Å²) in [6.45, 7) is 4.87. The Morgan fingerprint density at radius 2 is 2.07 bits per heavy atom. The first-order valence-electron chi connectivity index (χ1n) is 9.83. The summed E-state index contributed by atoms with van der Waals surface area (Å²) in [6.07, 6.45) is 5.13. The van der Waals surface area contributed by atoms with Gasteiger partial charge in [0, 0.05) is 55.9 Å². The first-order chi connectivity index (χ1) is 13.7. The van der Waals surface area contributed by atoms with Crippen molar-refractivity contribution in [2.45, 2.75) is 25.0 Å². The molecule has 1 aromatic carbocycles. The number of aromatic nitrogens is 2. The minimum Gasteiger partial charge on any atom is -0.372 e. The van der Waals surface area contributed by atoms with Crippen molar-refractivity contribution in [1.29, 1.82) is 0 Å². The van der Waals surface area contributed by atoms with Crippen LogP contribution in [0.15, 0.2) is 47.3 Å². The monoisotopic (exact) mass is 380 g/mol. The van der Waals surface area contributed by atoms with Gasteiger partial charge in [-0.25, -0.2) is 0 Å². The van der Waals surface area contributed by atoms with Crippen molar-refractivity contribution in [2.75, 3.05) is 32.8 Å². The van der Waals surface area contributed by atoms with E-state index in [9.17, 15) is 4.79 Å². The summed E-state index contributed by atoms with van der Waals surface area (Å²) >= 11 is 0. The van der Waals surface area contributed by atoms with Crippen molar-refractivity contribution in [3.63, 3.8) is 0 Å². The number of hydrogen-bond acceptors (Lipinski definition) is 5. The van der Waals surface area contributed by atoms with Gasteiger partial charge in [-0.1, -0.05) is 17.3 Å². The van der Waals surface area contributed by atoms with E-state index in [1.807, 2.05) is 11.1 Å². The fourth-order valence-electron chi connectivity index (χ4n) is 4.49. The van der Waals surface area contributed by atoms with Gasteiger partial charge in [-0.3, -0.25) is 9.69 Å². The second kappa shape index (κ2) is 7.07. The Morgan fingerprint density at radius 1 is 1.18 bits per heavy atom. The summed E-state index contributed by atoms with van der Waals surface area (Å²) in [5.41, 5.74) is 2.74. The first kappa shape index (κ1) is 17.5. The van der Waals surface area contributed by atoms with E-state index >= 15 is 0 Å². The van der Waals surface area contributed by atoms with Gasteiger partial charge in [0.05, 0.1) is 12.2 Å². The number of morpholine rings is 1. The number of piperidine rings is 1. The van der Waals surface area contributed by atoms with Gasteiger partial charge in [0.2, 0.25) is 0 Å². The minimum atomic E-state index is -0.162. The number of H-pyrrole nitrogens is 1. The Morgan fingerprint density at radius 3 is 2.89 bits per heavy atom. The Bertz CT molecular complexity index is 957. The molecule has 3 aromatic rings. The van der Waals surface area contributed by atoms with Gasteiger partial charge in [0.15, 0.2) is 5.69 Å². The Kier molecular flexibility index (Phi) is 4.41. The van der Waals surface area contributed by atoms with E-state index in [2.05, 4.69) is 39.3 Å². The predicted octanol–water partition coefficient (Wildman–Crippen LogP) is 2.66. The highest BCUT2D eigenvalue weighted by molar-refractivity contribution is 5.92. The molecule has 0 aliphatic carbocycles. The maximum absolute atomic E-state index is 12.5. The van der Waals surface area contributed by atoms with Crippen molar-refractivity contribution in [1.82, 2.24) is 19.9 Å². The minimum absolute atomic E-state index is 0.0598. The van der Waals surface area contributed by atoms with Crippen molar-refractivity contribution in [3.05, 3.63) is 54.0 Å². The van der Waals surface area contributed by atoms with E-state index in [0.29, 0.717) is 18.8 Å². The summed E-state index contributed by atoms with van der Waals surface area (Å²) in [5, 5.41) is 5.05. The smallest absolute Gasteiger partial charge is 0.276 e. The lowest BCUT2D eigenvalue weighted by atomic mass is 9.89. The van der Waals surface area contributed by atoms with Crippen LogP contribution in [0.5, 0.6) is 0 Å². The number of rotatable bonds is 3. The van der Waals surface area contributed by atoms with Crippen molar-refractivity contribution < 1.29 is 14.1 Å². The number of nitrogens with zero attached hydrogens (tertiary/aromatic N) is 3. The summed E-state index contributed by atoms with van der Waals surface area (Å²) in [7, 11) is 0. The van der Waals surface area contributed by atoms with Crippen LogP contribution in [0.25, 0.3) is 10.9 Å². The molecule has 146 valence electrons. The van der Waals surface area contributed by atoms with Gasteiger partial charge in [-0.05, 0) is 30.5 Å². The number of aromatic amines is 1. The van der Waals surface area contributed by atoms with Crippen LogP contribution in [0.4, 0.5) is 0 Å². The van der Waals surface area contributed by atoms with Crippen LogP contribution >= 0.6 is 0 Å². The van der Waals surface area contributed by atoms with Gasteiger partial charge in [-0.15, -0.1) is 0 Å². The Hall–Kier alpha value is -2.64. The molecule has 28 heavy (non-hydrogen) atoms. The van der Waals surface area contributed by atoms with E-state index in [1.165, 1.54) is 22.7 Å². The summed E-state index contributed by atoms with van der Waals surface area (Å²) in [6, 6.07) is 10.2. The first-order valence-corrected chi connectivity index (χ1v) is 9.83. The molecule has 2 fully saturated rings. The number of carbonyl (C=O) groups excluding carboxylic acids is 1. The molecule has 0 bridgehead atoms. The molecular formula is C21H24N4O3. The zero-order valence-electron chi connectivity index (χ0n) is 15.8. The third kappa shape index (κ3) is 3.21. The van der Waals surface area contributed by atoms with Crippen LogP contribution in [0.2, 0.25) is 0 Å². The van der Waals surface area contributed by atoms with Gasteiger partial charge < -0.3 is 19.1 Å². The van der Waals surface area contributed by atoms with Gasteiger partial charge in [0.1, 0.15) is 6.26 Å². The summed E-state index contributed by atoms with van der Waals surface area (Å²) in [4.78, 5) is 20.1. The Balaban J connectivity index is 1.25. The third-order valence-electron chi connectivity index (χ3n) is 6.03. The van der Waals surface area contributed by atoms with Crippen molar-refractivity contribution in [2.24, 2.45) is 0 Å². The number of ether oxygens (including phenoxy) is 1. The van der Waals surface area contributed by atoms with E-state index in [1.54, 1.807) is 6.07 Å². The number of fused-ring (bicyclic) bond motifs is 1. The average Bonchev–Trinajstić information content (AvgIpc) is 3.41. The maximum atomic E-state index is 12.5. The molecule has 1 spiro atoms. The lowest BCUT2D eigenvalue weighted by Crippen LogP contribution is -2.57. The highest BCUT2D eigenvalue weighted by Gasteiger charge is 2.41. The van der Waals surface area contributed by atoms with Crippen LogP contribution in [0.3, 0.4) is 0 Å². The number of benzene rings is 1. The number of nitrogens with one attached hydrogen (secondary N) is 1. The highest BCUT2D eigenvalue weighted by Crippen LogP contribution is 2.32. The molecule has 2 aliphatic rings. The molecule has 2 aliphatic heterocycles. The number of amides is 1. The van der Waals surface area contributed by atoms with Gasteiger partial charge in [-0.2, -0.15) is 0 Å². The SMILES string of the molecule is O=C(c1ccon1)N1CCC2(CC1)CN(Cc1cccc3[nH]ccc13)CCO2. The second-order valence-electron chi connectivity index (χ2n) is 7.78. The van der Waals surface area contributed by atoms with E-state index in [0.717, 1.165) is 39.1 Å². The summed E-state index contributed by atoms with van der Waals surface area (Å²) in [5.74, 6) is -0.0598. The zero-order chi connectivity index (χ0) is 19.0. The maximum Gasteiger partial charge on any atom is 0.276 e. The van der Waals surface area contributed by atoms with Crippen LogP contribution in [0.1, 0.15) is 28.9 Å². The van der Waals surface area contributed by atoms with Crippen LogP contribution < -0.4 is 0 Å². The van der Waals surface area contributed by atoms with Gasteiger partial charge >= 0.3 is 0 Å². The average molecular weight is 380 g/mol. The molecule has 0 atom stereocenters. The Labute approximate surface area is 163 Å².